The van der Waals surface area contributed by atoms with E-state index in [1.54, 1.807) is 0 Å². The Bertz CT molecular complexity index is 636. The van der Waals surface area contributed by atoms with Crippen LogP contribution >= 0.6 is 0 Å². The van der Waals surface area contributed by atoms with Crippen LogP contribution in [0.4, 0.5) is 0 Å². The minimum atomic E-state index is -0.427. The molecule has 2 aliphatic rings. The first-order chi connectivity index (χ1) is 10.1. The Labute approximate surface area is 132 Å². The average molecular weight is 301 g/mol. The average Bonchev–Trinajstić information content (AvgIpc) is 2.63. The number of amides is 1. The van der Waals surface area contributed by atoms with Crippen LogP contribution in [-0.4, -0.2) is 30.8 Å². The molecule has 0 bridgehead atoms. The fraction of sp³-hybridized carbons (Fsp3) is 0.588. The van der Waals surface area contributed by atoms with Gasteiger partial charge in [0.1, 0.15) is 0 Å². The van der Waals surface area contributed by atoms with Crippen LogP contribution < -0.4 is 10.8 Å². The van der Waals surface area contributed by atoms with E-state index in [2.05, 4.69) is 19.2 Å². The Morgan fingerprint density at radius 3 is 2.27 bits per heavy atom. The Morgan fingerprint density at radius 1 is 1.09 bits per heavy atom. The molecule has 1 aromatic carbocycles. The van der Waals surface area contributed by atoms with Crippen molar-refractivity contribution in [3.05, 3.63) is 28.3 Å². The summed E-state index contributed by atoms with van der Waals surface area (Å²) >= 11 is 0. The van der Waals surface area contributed by atoms with Gasteiger partial charge in [0.05, 0.1) is 11.2 Å². The molecule has 1 saturated heterocycles. The minimum Gasteiger partial charge on any atom is -0.399 e. The molecular weight excluding hydrogens is 277 g/mol. The van der Waals surface area contributed by atoms with Crippen LogP contribution in [0.15, 0.2) is 6.07 Å². The number of nitrogens with one attached hydrogen (secondary N) is 1. The highest BCUT2D eigenvalue weighted by Gasteiger charge is 2.52. The van der Waals surface area contributed by atoms with E-state index in [0.29, 0.717) is 6.54 Å². The lowest BCUT2D eigenvalue weighted by Gasteiger charge is -2.32. The summed E-state index contributed by atoms with van der Waals surface area (Å²) in [4.78, 5) is 12.2. The largest absolute Gasteiger partial charge is 0.495 e. The standard InChI is InChI=1S/C17H24BNO3/c1-10-11(2)14(9-13-12(10)7-8-19-15(13)20)18-21-16(3,4)17(5,6)22-18/h9H,7-8H2,1-6H3,(H,19,20). The first-order valence-electron chi connectivity index (χ1n) is 7.91. The third-order valence-corrected chi connectivity index (χ3v) is 5.49. The highest BCUT2D eigenvalue weighted by Crippen LogP contribution is 2.37. The SMILES string of the molecule is Cc1c(B2OC(C)(C)C(C)(C)O2)cc2c(c1C)CCNC2=O. The summed E-state index contributed by atoms with van der Waals surface area (Å²) in [5, 5.41) is 2.91. The Hall–Kier alpha value is -1.33. The summed E-state index contributed by atoms with van der Waals surface area (Å²) in [6.07, 6.45) is 0.886. The molecule has 4 nitrogen and oxygen atoms in total. The van der Waals surface area contributed by atoms with Gasteiger partial charge in [-0.15, -0.1) is 0 Å². The molecule has 118 valence electrons. The predicted octanol–water partition coefficient (Wildman–Crippen LogP) is 1.89. The number of carbonyl (C=O) groups excluding carboxylic acids is 1. The van der Waals surface area contributed by atoms with E-state index in [1.165, 1.54) is 5.56 Å². The number of benzene rings is 1. The van der Waals surface area contributed by atoms with E-state index in [-0.39, 0.29) is 17.1 Å². The second kappa shape index (κ2) is 4.83. The second-order valence-corrected chi connectivity index (χ2v) is 7.34. The molecule has 1 N–H and O–H groups in total. The monoisotopic (exact) mass is 301 g/mol. The van der Waals surface area contributed by atoms with Gasteiger partial charge in [-0.1, -0.05) is 0 Å². The van der Waals surface area contributed by atoms with Crippen LogP contribution in [0.1, 0.15) is 54.7 Å². The van der Waals surface area contributed by atoms with Gasteiger partial charge in [0, 0.05) is 12.1 Å². The van der Waals surface area contributed by atoms with E-state index in [4.69, 9.17) is 9.31 Å². The van der Waals surface area contributed by atoms with Crippen LogP contribution in [0.25, 0.3) is 0 Å². The number of carbonyl (C=O) groups is 1. The summed E-state index contributed by atoms with van der Waals surface area (Å²) in [5.41, 5.74) is 4.46. The van der Waals surface area contributed by atoms with Gasteiger partial charge in [-0.25, -0.2) is 0 Å². The van der Waals surface area contributed by atoms with Crippen LogP contribution in [0.3, 0.4) is 0 Å². The maximum absolute atomic E-state index is 12.2. The third-order valence-electron chi connectivity index (χ3n) is 5.49. The van der Waals surface area contributed by atoms with Gasteiger partial charge in [-0.05, 0) is 76.2 Å². The van der Waals surface area contributed by atoms with E-state index in [9.17, 15) is 4.79 Å². The fourth-order valence-electron chi connectivity index (χ4n) is 3.13. The van der Waals surface area contributed by atoms with Gasteiger partial charge in [0.15, 0.2) is 0 Å². The maximum Gasteiger partial charge on any atom is 0.495 e. The van der Waals surface area contributed by atoms with E-state index >= 15 is 0 Å². The summed E-state index contributed by atoms with van der Waals surface area (Å²) < 4.78 is 12.3. The lowest BCUT2D eigenvalue weighted by molar-refractivity contribution is 0.00578. The van der Waals surface area contributed by atoms with Crippen LogP contribution in [-0.2, 0) is 15.7 Å². The predicted molar refractivity (Wildman–Crippen MR) is 87.7 cm³/mol. The van der Waals surface area contributed by atoms with Crippen molar-refractivity contribution in [2.24, 2.45) is 0 Å². The molecule has 2 aliphatic heterocycles. The van der Waals surface area contributed by atoms with Crippen molar-refractivity contribution in [1.29, 1.82) is 0 Å². The first-order valence-corrected chi connectivity index (χ1v) is 7.91. The van der Waals surface area contributed by atoms with Crippen molar-refractivity contribution in [3.8, 4) is 0 Å². The third kappa shape index (κ3) is 2.18. The molecule has 0 radical (unpaired) electrons. The Balaban J connectivity index is 2.08. The Kier molecular flexibility index (Phi) is 3.42. The lowest BCUT2D eigenvalue weighted by atomic mass is 9.72. The number of hydrogen-bond acceptors (Lipinski definition) is 3. The molecule has 0 atom stereocenters. The topological polar surface area (TPSA) is 47.6 Å². The van der Waals surface area contributed by atoms with E-state index in [1.807, 2.05) is 33.8 Å². The molecule has 1 fully saturated rings. The quantitative estimate of drug-likeness (QED) is 0.806. The molecular formula is C17H24BNO3. The first kappa shape index (κ1) is 15.6. The smallest absolute Gasteiger partial charge is 0.399 e. The molecule has 0 saturated carbocycles. The number of hydrogen-bond donors (Lipinski definition) is 1. The van der Waals surface area contributed by atoms with Gasteiger partial charge in [0.25, 0.3) is 5.91 Å². The molecule has 3 rings (SSSR count). The highest BCUT2D eigenvalue weighted by atomic mass is 16.7. The lowest BCUT2D eigenvalue weighted by Crippen LogP contribution is -2.41. The number of fused-ring (bicyclic) bond motifs is 1. The highest BCUT2D eigenvalue weighted by molar-refractivity contribution is 6.62. The van der Waals surface area contributed by atoms with Crippen molar-refractivity contribution < 1.29 is 14.1 Å². The molecule has 2 heterocycles. The van der Waals surface area contributed by atoms with Crippen LogP contribution in [0, 0.1) is 13.8 Å². The fourth-order valence-corrected chi connectivity index (χ4v) is 3.13. The number of rotatable bonds is 1. The summed E-state index contributed by atoms with van der Waals surface area (Å²) in [5.74, 6) is 0.00196. The zero-order valence-corrected chi connectivity index (χ0v) is 14.3. The Morgan fingerprint density at radius 2 is 1.68 bits per heavy atom. The summed E-state index contributed by atoms with van der Waals surface area (Å²) in [7, 11) is -0.427. The van der Waals surface area contributed by atoms with Gasteiger partial charge >= 0.3 is 7.12 Å². The van der Waals surface area contributed by atoms with Crippen molar-refractivity contribution in [2.45, 2.75) is 59.2 Å². The molecule has 0 aromatic heterocycles. The van der Waals surface area contributed by atoms with Crippen molar-refractivity contribution in [1.82, 2.24) is 5.32 Å². The molecule has 1 amide bonds. The van der Waals surface area contributed by atoms with Gasteiger partial charge in [-0.2, -0.15) is 0 Å². The van der Waals surface area contributed by atoms with Crippen LogP contribution in [0.5, 0.6) is 0 Å². The zero-order valence-electron chi connectivity index (χ0n) is 14.3. The summed E-state index contributed by atoms with van der Waals surface area (Å²) in [6.45, 7) is 13.0. The van der Waals surface area contributed by atoms with E-state index < -0.39 is 7.12 Å². The van der Waals surface area contributed by atoms with E-state index in [0.717, 1.165) is 28.6 Å². The molecule has 0 unspecified atom stereocenters. The zero-order chi connectivity index (χ0) is 16.3. The molecule has 5 heteroatoms. The normalized spacial score (nSPS) is 22.5. The van der Waals surface area contributed by atoms with Gasteiger partial charge < -0.3 is 14.6 Å². The van der Waals surface area contributed by atoms with Gasteiger partial charge in [-0.3, -0.25) is 4.79 Å². The van der Waals surface area contributed by atoms with Gasteiger partial charge in [0.2, 0.25) is 0 Å². The minimum absolute atomic E-state index is 0.00196. The second-order valence-electron chi connectivity index (χ2n) is 7.34. The van der Waals surface area contributed by atoms with Crippen molar-refractivity contribution in [3.63, 3.8) is 0 Å². The molecule has 0 aliphatic carbocycles. The molecule has 22 heavy (non-hydrogen) atoms. The van der Waals surface area contributed by atoms with Crippen molar-refractivity contribution >= 4 is 18.5 Å². The maximum atomic E-state index is 12.2. The van der Waals surface area contributed by atoms with Crippen molar-refractivity contribution in [2.75, 3.05) is 6.54 Å². The summed E-state index contributed by atoms with van der Waals surface area (Å²) in [6, 6.07) is 1.95. The van der Waals surface area contributed by atoms with Crippen LogP contribution in [0.2, 0.25) is 0 Å². The molecule has 0 spiro atoms. The molecule has 1 aromatic rings.